The van der Waals surface area contributed by atoms with Crippen molar-refractivity contribution < 1.29 is 14.7 Å². The van der Waals surface area contributed by atoms with E-state index >= 15 is 0 Å². The van der Waals surface area contributed by atoms with E-state index in [0.717, 1.165) is 5.69 Å². The lowest BCUT2D eigenvalue weighted by molar-refractivity contribution is -0.143. The second-order valence-electron chi connectivity index (χ2n) is 4.94. The number of hydrogen-bond acceptors (Lipinski definition) is 3. The fourth-order valence-electron chi connectivity index (χ4n) is 1.81. The Kier molecular flexibility index (Phi) is 6.03. The summed E-state index contributed by atoms with van der Waals surface area (Å²) in [4.78, 5) is 23.2. The number of carboxylic acids is 1. The summed E-state index contributed by atoms with van der Waals surface area (Å²) >= 11 is 0. The molecule has 20 heavy (non-hydrogen) atoms. The highest BCUT2D eigenvalue weighted by Crippen LogP contribution is 2.10. The van der Waals surface area contributed by atoms with Crippen molar-refractivity contribution in [2.45, 2.75) is 39.3 Å². The molecule has 1 aromatic carbocycles. The Morgan fingerprint density at radius 1 is 1.20 bits per heavy atom. The van der Waals surface area contributed by atoms with Crippen LogP contribution in [-0.4, -0.2) is 29.1 Å². The van der Waals surface area contributed by atoms with Crippen LogP contribution in [-0.2, 0) is 9.59 Å². The summed E-state index contributed by atoms with van der Waals surface area (Å²) in [5, 5.41) is 14.8. The van der Waals surface area contributed by atoms with E-state index in [2.05, 4.69) is 10.6 Å². The molecular formula is C15H22N2O3. The van der Waals surface area contributed by atoms with Gasteiger partial charge in [-0.1, -0.05) is 38.5 Å². The van der Waals surface area contributed by atoms with Crippen LogP contribution in [0.1, 0.15) is 27.2 Å². The average Bonchev–Trinajstić information content (AvgIpc) is 2.44. The van der Waals surface area contributed by atoms with Gasteiger partial charge in [0.25, 0.3) is 0 Å². The van der Waals surface area contributed by atoms with Gasteiger partial charge in [-0.25, -0.2) is 4.79 Å². The smallest absolute Gasteiger partial charge is 0.326 e. The van der Waals surface area contributed by atoms with Crippen LogP contribution in [0.4, 0.5) is 5.69 Å². The monoisotopic (exact) mass is 278 g/mol. The molecule has 0 aliphatic carbocycles. The molecule has 110 valence electrons. The van der Waals surface area contributed by atoms with Crippen molar-refractivity contribution in [3.8, 4) is 0 Å². The lowest BCUT2D eigenvalue weighted by Crippen LogP contribution is -2.49. The predicted molar refractivity (Wildman–Crippen MR) is 78.5 cm³/mol. The number of anilines is 1. The number of rotatable bonds is 7. The Balaban J connectivity index is 2.62. The zero-order chi connectivity index (χ0) is 15.1. The summed E-state index contributed by atoms with van der Waals surface area (Å²) < 4.78 is 0. The number of benzene rings is 1. The van der Waals surface area contributed by atoms with Crippen LogP contribution >= 0.6 is 0 Å². The van der Waals surface area contributed by atoms with E-state index in [0.29, 0.717) is 6.42 Å². The Hall–Kier alpha value is -2.04. The molecule has 0 aliphatic rings. The fraction of sp³-hybridized carbons (Fsp3) is 0.467. The first-order valence-corrected chi connectivity index (χ1v) is 6.80. The number of carboxylic acid groups (broad SMARTS) is 1. The molecule has 5 heteroatoms. The van der Waals surface area contributed by atoms with Crippen LogP contribution in [0.2, 0.25) is 0 Å². The topological polar surface area (TPSA) is 78.4 Å². The molecule has 1 rings (SSSR count). The largest absolute Gasteiger partial charge is 0.480 e. The molecule has 0 aromatic heterocycles. The lowest BCUT2D eigenvalue weighted by atomic mass is 9.99. The molecule has 0 saturated heterocycles. The number of para-hydroxylation sites is 1. The van der Waals surface area contributed by atoms with Gasteiger partial charge in [0.15, 0.2) is 0 Å². The van der Waals surface area contributed by atoms with Gasteiger partial charge in [-0.05, 0) is 25.0 Å². The van der Waals surface area contributed by atoms with Gasteiger partial charge >= 0.3 is 5.97 Å². The van der Waals surface area contributed by atoms with E-state index in [-0.39, 0.29) is 11.8 Å². The van der Waals surface area contributed by atoms with Gasteiger partial charge in [0.2, 0.25) is 5.91 Å². The van der Waals surface area contributed by atoms with Crippen molar-refractivity contribution in [1.29, 1.82) is 0 Å². The second-order valence-corrected chi connectivity index (χ2v) is 4.94. The standard InChI is InChI=1S/C15H22N2O3/c1-4-10(2)13(15(19)20)17-14(18)11(3)16-12-8-6-5-7-9-12/h5-11,13,16H,4H2,1-3H3,(H,17,18)(H,19,20)/t10-,11-,13-/m0/s1. The first-order chi connectivity index (χ1) is 9.45. The minimum absolute atomic E-state index is 0.111. The Bertz CT molecular complexity index is 448. The predicted octanol–water partition coefficient (Wildman–Crippen LogP) is 2.10. The molecule has 0 fully saturated rings. The summed E-state index contributed by atoms with van der Waals surface area (Å²) in [7, 11) is 0. The van der Waals surface area contributed by atoms with Crippen molar-refractivity contribution in [2.75, 3.05) is 5.32 Å². The van der Waals surface area contributed by atoms with E-state index in [1.54, 1.807) is 6.92 Å². The number of carbonyl (C=O) groups is 2. The molecule has 1 amide bonds. The molecule has 0 aliphatic heterocycles. The molecule has 3 N–H and O–H groups in total. The first kappa shape index (κ1) is 16.0. The molecule has 5 nitrogen and oxygen atoms in total. The third kappa shape index (κ3) is 4.57. The summed E-state index contributed by atoms with van der Waals surface area (Å²) in [6.45, 7) is 5.42. The van der Waals surface area contributed by atoms with E-state index in [1.165, 1.54) is 0 Å². The highest BCUT2D eigenvalue weighted by Gasteiger charge is 2.27. The van der Waals surface area contributed by atoms with Gasteiger partial charge < -0.3 is 15.7 Å². The van der Waals surface area contributed by atoms with Gasteiger partial charge in [-0.3, -0.25) is 4.79 Å². The minimum atomic E-state index is -1.00. The molecule has 0 heterocycles. The van der Waals surface area contributed by atoms with Gasteiger partial charge in [0.1, 0.15) is 12.1 Å². The van der Waals surface area contributed by atoms with Crippen molar-refractivity contribution in [3.63, 3.8) is 0 Å². The number of hydrogen-bond donors (Lipinski definition) is 3. The van der Waals surface area contributed by atoms with Crippen molar-refractivity contribution in [1.82, 2.24) is 5.32 Å². The van der Waals surface area contributed by atoms with Crippen LogP contribution in [0.25, 0.3) is 0 Å². The summed E-state index contributed by atoms with van der Waals surface area (Å²) in [5.41, 5.74) is 0.825. The van der Waals surface area contributed by atoms with Crippen LogP contribution in [0.3, 0.4) is 0 Å². The molecule has 1 aromatic rings. The molecule has 0 bridgehead atoms. The summed E-state index contributed by atoms with van der Waals surface area (Å²) in [6, 6.07) is 7.98. The third-order valence-corrected chi connectivity index (χ3v) is 3.33. The van der Waals surface area contributed by atoms with Crippen LogP contribution in [0.15, 0.2) is 30.3 Å². The SMILES string of the molecule is CC[C@H](C)[C@H](NC(=O)[C@H](C)Nc1ccccc1)C(=O)O. The van der Waals surface area contributed by atoms with Crippen molar-refractivity contribution in [3.05, 3.63) is 30.3 Å². The average molecular weight is 278 g/mol. The summed E-state index contributed by atoms with van der Waals surface area (Å²) in [6.07, 6.45) is 0.692. The molecule has 0 saturated carbocycles. The number of aliphatic carboxylic acids is 1. The van der Waals surface area contributed by atoms with Gasteiger partial charge in [-0.15, -0.1) is 0 Å². The van der Waals surface area contributed by atoms with Crippen LogP contribution < -0.4 is 10.6 Å². The maximum atomic E-state index is 12.0. The molecular weight excluding hydrogens is 256 g/mol. The van der Waals surface area contributed by atoms with Crippen LogP contribution in [0.5, 0.6) is 0 Å². The van der Waals surface area contributed by atoms with Gasteiger partial charge in [0, 0.05) is 5.69 Å². The lowest BCUT2D eigenvalue weighted by Gasteiger charge is -2.23. The Morgan fingerprint density at radius 3 is 2.30 bits per heavy atom. The van der Waals surface area contributed by atoms with Crippen LogP contribution in [0, 0.1) is 5.92 Å². The third-order valence-electron chi connectivity index (χ3n) is 3.33. The highest BCUT2D eigenvalue weighted by atomic mass is 16.4. The van der Waals surface area contributed by atoms with E-state index in [1.807, 2.05) is 44.2 Å². The zero-order valence-electron chi connectivity index (χ0n) is 12.1. The quantitative estimate of drug-likeness (QED) is 0.713. The molecule has 0 unspecified atom stereocenters. The summed E-state index contributed by atoms with van der Waals surface area (Å²) in [5.74, 6) is -1.43. The second kappa shape index (κ2) is 7.53. The van der Waals surface area contributed by atoms with E-state index < -0.39 is 18.1 Å². The number of amides is 1. The van der Waals surface area contributed by atoms with Gasteiger partial charge in [-0.2, -0.15) is 0 Å². The number of nitrogens with one attached hydrogen (secondary N) is 2. The van der Waals surface area contributed by atoms with Gasteiger partial charge in [0.05, 0.1) is 0 Å². The molecule has 0 radical (unpaired) electrons. The minimum Gasteiger partial charge on any atom is -0.480 e. The van der Waals surface area contributed by atoms with Crippen molar-refractivity contribution >= 4 is 17.6 Å². The fourth-order valence-corrected chi connectivity index (χ4v) is 1.81. The van der Waals surface area contributed by atoms with E-state index in [9.17, 15) is 9.59 Å². The maximum Gasteiger partial charge on any atom is 0.326 e. The van der Waals surface area contributed by atoms with Crippen molar-refractivity contribution in [2.24, 2.45) is 5.92 Å². The maximum absolute atomic E-state index is 12.0. The molecule has 3 atom stereocenters. The Morgan fingerprint density at radius 2 is 1.80 bits per heavy atom. The normalized spacial score (nSPS) is 14.9. The highest BCUT2D eigenvalue weighted by molar-refractivity contribution is 5.88. The molecule has 0 spiro atoms. The zero-order valence-corrected chi connectivity index (χ0v) is 12.1. The first-order valence-electron chi connectivity index (χ1n) is 6.80. The Labute approximate surface area is 119 Å². The van der Waals surface area contributed by atoms with E-state index in [4.69, 9.17) is 5.11 Å². The number of carbonyl (C=O) groups excluding carboxylic acids is 1.